The highest BCUT2D eigenvalue weighted by molar-refractivity contribution is 5.43. The fourth-order valence-corrected chi connectivity index (χ4v) is 2.90. The third-order valence-electron chi connectivity index (χ3n) is 4.46. The Morgan fingerprint density at radius 2 is 2.05 bits per heavy atom. The standard InChI is InChI=1S/C16H24N6/c1-12-6-9-21(10-7-12)16-4-3-14(11-18-16)22-13(2)15(5-8-17)19-20-22/h3-4,11-12H,5-10,17H2,1-2H3. The van der Waals surface area contributed by atoms with Crippen molar-refractivity contribution in [1.82, 2.24) is 20.0 Å². The fourth-order valence-electron chi connectivity index (χ4n) is 2.90. The highest BCUT2D eigenvalue weighted by Gasteiger charge is 2.17. The van der Waals surface area contributed by atoms with E-state index < -0.39 is 0 Å². The molecule has 1 saturated heterocycles. The van der Waals surface area contributed by atoms with Crippen molar-refractivity contribution in [3.8, 4) is 5.69 Å². The molecule has 3 rings (SSSR count). The minimum absolute atomic E-state index is 0.587. The summed E-state index contributed by atoms with van der Waals surface area (Å²) in [6.07, 6.45) is 5.12. The van der Waals surface area contributed by atoms with Crippen LogP contribution in [0.3, 0.4) is 0 Å². The molecule has 0 atom stereocenters. The smallest absolute Gasteiger partial charge is 0.128 e. The number of nitrogens with zero attached hydrogens (tertiary/aromatic N) is 5. The molecule has 0 unspecified atom stereocenters. The summed E-state index contributed by atoms with van der Waals surface area (Å²) >= 11 is 0. The van der Waals surface area contributed by atoms with Crippen molar-refractivity contribution in [3.05, 3.63) is 29.7 Å². The van der Waals surface area contributed by atoms with Gasteiger partial charge in [-0.1, -0.05) is 12.1 Å². The van der Waals surface area contributed by atoms with E-state index in [0.717, 1.165) is 48.3 Å². The molecule has 0 spiro atoms. The maximum atomic E-state index is 5.59. The van der Waals surface area contributed by atoms with E-state index in [4.69, 9.17) is 5.73 Å². The maximum Gasteiger partial charge on any atom is 0.128 e. The molecule has 0 aromatic carbocycles. The molecule has 1 aliphatic rings. The zero-order valence-electron chi connectivity index (χ0n) is 13.4. The summed E-state index contributed by atoms with van der Waals surface area (Å²) in [5, 5.41) is 8.41. The lowest BCUT2D eigenvalue weighted by atomic mass is 9.99. The van der Waals surface area contributed by atoms with E-state index >= 15 is 0 Å². The Kier molecular flexibility index (Phi) is 4.38. The Morgan fingerprint density at radius 1 is 1.27 bits per heavy atom. The molecule has 1 aliphatic heterocycles. The van der Waals surface area contributed by atoms with Crippen LogP contribution in [0.5, 0.6) is 0 Å². The molecule has 2 N–H and O–H groups in total. The quantitative estimate of drug-likeness (QED) is 0.930. The summed E-state index contributed by atoms with van der Waals surface area (Å²) in [5.74, 6) is 1.88. The number of hydrogen-bond acceptors (Lipinski definition) is 5. The number of piperidine rings is 1. The summed E-state index contributed by atoms with van der Waals surface area (Å²) in [5.41, 5.74) is 8.53. The van der Waals surface area contributed by atoms with Crippen LogP contribution in [-0.2, 0) is 6.42 Å². The van der Waals surface area contributed by atoms with E-state index in [1.165, 1.54) is 12.8 Å². The molecule has 2 aromatic heterocycles. The third kappa shape index (κ3) is 2.97. The van der Waals surface area contributed by atoms with Gasteiger partial charge in [0, 0.05) is 19.5 Å². The van der Waals surface area contributed by atoms with Gasteiger partial charge < -0.3 is 10.6 Å². The van der Waals surface area contributed by atoms with E-state index in [0.29, 0.717) is 6.54 Å². The van der Waals surface area contributed by atoms with Crippen molar-refractivity contribution < 1.29 is 0 Å². The van der Waals surface area contributed by atoms with Gasteiger partial charge in [0.15, 0.2) is 0 Å². The minimum atomic E-state index is 0.587. The summed E-state index contributed by atoms with van der Waals surface area (Å²) in [6.45, 7) is 7.11. The molecule has 118 valence electrons. The highest BCUT2D eigenvalue weighted by Crippen LogP contribution is 2.22. The van der Waals surface area contributed by atoms with Gasteiger partial charge in [0.2, 0.25) is 0 Å². The van der Waals surface area contributed by atoms with Gasteiger partial charge in [-0.2, -0.15) is 0 Å². The first kappa shape index (κ1) is 15.0. The number of aromatic nitrogens is 4. The Bertz CT molecular complexity index is 610. The second-order valence-electron chi connectivity index (χ2n) is 6.12. The van der Waals surface area contributed by atoms with Crippen LogP contribution < -0.4 is 10.6 Å². The molecule has 0 saturated carbocycles. The predicted molar refractivity (Wildman–Crippen MR) is 87.3 cm³/mol. The second kappa shape index (κ2) is 6.44. The maximum absolute atomic E-state index is 5.59. The molecule has 3 heterocycles. The molecule has 6 heteroatoms. The van der Waals surface area contributed by atoms with E-state index in [1.807, 2.05) is 17.8 Å². The van der Waals surface area contributed by atoms with Crippen molar-refractivity contribution in [3.63, 3.8) is 0 Å². The van der Waals surface area contributed by atoms with Crippen LogP contribution in [0.1, 0.15) is 31.2 Å². The average molecular weight is 300 g/mol. The van der Waals surface area contributed by atoms with Gasteiger partial charge in [-0.25, -0.2) is 9.67 Å². The number of nitrogens with two attached hydrogens (primary N) is 1. The first-order valence-electron chi connectivity index (χ1n) is 8.01. The predicted octanol–water partition coefficient (Wildman–Crippen LogP) is 1.71. The van der Waals surface area contributed by atoms with Crippen molar-refractivity contribution in [2.24, 2.45) is 11.7 Å². The monoisotopic (exact) mass is 300 g/mol. The molecule has 6 nitrogen and oxygen atoms in total. The van der Waals surface area contributed by atoms with Crippen LogP contribution >= 0.6 is 0 Å². The van der Waals surface area contributed by atoms with Crippen molar-refractivity contribution in [2.75, 3.05) is 24.5 Å². The summed E-state index contributed by atoms with van der Waals surface area (Å²) in [4.78, 5) is 6.97. The van der Waals surface area contributed by atoms with Crippen molar-refractivity contribution in [2.45, 2.75) is 33.1 Å². The molecule has 0 amide bonds. The summed E-state index contributed by atoms with van der Waals surface area (Å²) in [7, 11) is 0. The van der Waals surface area contributed by atoms with Gasteiger partial charge in [-0.05, 0) is 44.4 Å². The molecular weight excluding hydrogens is 276 g/mol. The zero-order valence-corrected chi connectivity index (χ0v) is 13.4. The number of anilines is 1. The van der Waals surface area contributed by atoms with Crippen LogP contribution in [0.25, 0.3) is 5.69 Å². The highest BCUT2D eigenvalue weighted by atomic mass is 15.4. The fraction of sp³-hybridized carbons (Fsp3) is 0.562. The van der Waals surface area contributed by atoms with Gasteiger partial charge >= 0.3 is 0 Å². The molecule has 22 heavy (non-hydrogen) atoms. The minimum Gasteiger partial charge on any atom is -0.357 e. The van der Waals surface area contributed by atoms with E-state index in [1.54, 1.807) is 0 Å². The van der Waals surface area contributed by atoms with Crippen molar-refractivity contribution >= 4 is 5.82 Å². The van der Waals surface area contributed by atoms with Gasteiger partial charge in [0.05, 0.1) is 23.3 Å². The SMILES string of the molecule is Cc1c(CCN)nnn1-c1ccc(N2CCC(C)CC2)nc1. The third-order valence-corrected chi connectivity index (χ3v) is 4.46. The van der Waals surface area contributed by atoms with Gasteiger partial charge in [0.1, 0.15) is 5.82 Å². The van der Waals surface area contributed by atoms with Crippen LogP contribution in [0.2, 0.25) is 0 Å². The second-order valence-corrected chi connectivity index (χ2v) is 6.12. The van der Waals surface area contributed by atoms with Gasteiger partial charge in [-0.3, -0.25) is 0 Å². The first-order chi connectivity index (χ1) is 10.7. The van der Waals surface area contributed by atoms with Gasteiger partial charge in [0.25, 0.3) is 0 Å². The molecule has 2 aromatic rings. The molecule has 0 bridgehead atoms. The zero-order chi connectivity index (χ0) is 15.5. The largest absolute Gasteiger partial charge is 0.357 e. The lowest BCUT2D eigenvalue weighted by Crippen LogP contribution is -2.33. The van der Waals surface area contributed by atoms with E-state index in [2.05, 4.69) is 39.3 Å². The van der Waals surface area contributed by atoms with Crippen LogP contribution in [0.15, 0.2) is 18.3 Å². The molecule has 1 fully saturated rings. The van der Waals surface area contributed by atoms with Crippen LogP contribution in [0, 0.1) is 12.8 Å². The average Bonchev–Trinajstić information content (AvgIpc) is 2.90. The van der Waals surface area contributed by atoms with E-state index in [9.17, 15) is 0 Å². The van der Waals surface area contributed by atoms with Crippen LogP contribution in [-0.4, -0.2) is 39.6 Å². The lowest BCUT2D eigenvalue weighted by Gasteiger charge is -2.31. The Hall–Kier alpha value is -1.95. The lowest BCUT2D eigenvalue weighted by molar-refractivity contribution is 0.436. The molecular formula is C16H24N6. The Labute approximate surface area is 131 Å². The van der Waals surface area contributed by atoms with Crippen LogP contribution in [0.4, 0.5) is 5.82 Å². The summed E-state index contributed by atoms with van der Waals surface area (Å²) < 4.78 is 1.83. The Balaban J connectivity index is 1.77. The first-order valence-corrected chi connectivity index (χ1v) is 8.01. The topological polar surface area (TPSA) is 72.9 Å². The molecule has 0 radical (unpaired) electrons. The number of hydrogen-bond donors (Lipinski definition) is 1. The normalized spacial score (nSPS) is 16.2. The molecule has 0 aliphatic carbocycles. The Morgan fingerprint density at radius 3 is 2.68 bits per heavy atom. The van der Waals surface area contributed by atoms with E-state index in [-0.39, 0.29) is 0 Å². The number of pyridine rings is 1. The number of rotatable bonds is 4. The van der Waals surface area contributed by atoms with Crippen molar-refractivity contribution in [1.29, 1.82) is 0 Å². The van der Waals surface area contributed by atoms with Gasteiger partial charge in [-0.15, -0.1) is 5.10 Å². The summed E-state index contributed by atoms with van der Waals surface area (Å²) in [6, 6.07) is 4.14.